The minimum atomic E-state index is -4.37. The summed E-state index contributed by atoms with van der Waals surface area (Å²) in [5.41, 5.74) is 1.13. The predicted octanol–water partition coefficient (Wildman–Crippen LogP) is 4.72. The zero-order valence-electron chi connectivity index (χ0n) is 20.2. The van der Waals surface area contributed by atoms with Gasteiger partial charge in [0.1, 0.15) is 0 Å². The van der Waals surface area contributed by atoms with Gasteiger partial charge in [-0.05, 0) is 74.7 Å². The van der Waals surface area contributed by atoms with Crippen molar-refractivity contribution >= 4 is 6.03 Å². The molecule has 1 saturated heterocycles. The van der Waals surface area contributed by atoms with E-state index < -0.39 is 11.7 Å². The van der Waals surface area contributed by atoms with Crippen molar-refractivity contribution in [2.45, 2.75) is 55.9 Å². The number of halogens is 3. The van der Waals surface area contributed by atoms with Crippen molar-refractivity contribution in [1.82, 2.24) is 15.5 Å². The molecular weight excluding hydrogens is 459 g/mol. The summed E-state index contributed by atoms with van der Waals surface area (Å²) in [6.07, 6.45) is -0.743. The second kappa shape index (κ2) is 9.97. The van der Waals surface area contributed by atoms with Crippen molar-refractivity contribution in [3.8, 4) is 11.5 Å². The summed E-state index contributed by atoms with van der Waals surface area (Å²) in [5.74, 6) is 1.42. The van der Waals surface area contributed by atoms with Gasteiger partial charge in [0.15, 0.2) is 11.5 Å². The molecular formula is C26H32F3N3O3. The number of benzene rings is 2. The van der Waals surface area contributed by atoms with Gasteiger partial charge < -0.3 is 25.0 Å². The summed E-state index contributed by atoms with van der Waals surface area (Å²) in [6, 6.07) is 11.0. The number of carbonyl (C=O) groups is 1. The molecule has 2 fully saturated rings. The lowest BCUT2D eigenvalue weighted by Gasteiger charge is -2.45. The lowest BCUT2D eigenvalue weighted by Crippen LogP contribution is -2.53. The van der Waals surface area contributed by atoms with Crippen LogP contribution in [0.2, 0.25) is 0 Å². The van der Waals surface area contributed by atoms with E-state index in [0.29, 0.717) is 11.3 Å². The third kappa shape index (κ3) is 5.19. The number of urea groups is 1. The van der Waals surface area contributed by atoms with Gasteiger partial charge in [-0.25, -0.2) is 4.79 Å². The van der Waals surface area contributed by atoms with Crippen molar-refractivity contribution in [1.29, 1.82) is 0 Å². The molecule has 2 N–H and O–H groups in total. The van der Waals surface area contributed by atoms with E-state index >= 15 is 0 Å². The molecule has 1 heterocycles. The standard InChI is InChI=1S/C26H32F3N3O3/c1-32-13-12-25(19-8-9-21(34-2)22(14-19)35-3)11-10-20(15-23(25)32)31-24(33)30-16-17-4-6-18(7-5-17)26(27,28)29/h4-9,14,20,23H,10-13,15-16H2,1-3H3,(H2,30,31,33). The quantitative estimate of drug-likeness (QED) is 0.614. The van der Waals surface area contributed by atoms with Gasteiger partial charge >= 0.3 is 12.2 Å². The molecule has 3 unspecified atom stereocenters. The monoisotopic (exact) mass is 491 g/mol. The van der Waals surface area contributed by atoms with Gasteiger partial charge in [-0.2, -0.15) is 13.2 Å². The lowest BCUT2D eigenvalue weighted by molar-refractivity contribution is -0.137. The van der Waals surface area contributed by atoms with Crippen LogP contribution in [0.5, 0.6) is 11.5 Å². The maximum atomic E-state index is 12.7. The largest absolute Gasteiger partial charge is 0.493 e. The van der Waals surface area contributed by atoms with Crippen molar-refractivity contribution in [2.75, 3.05) is 27.8 Å². The highest BCUT2D eigenvalue weighted by Crippen LogP contribution is 2.49. The predicted molar refractivity (Wildman–Crippen MR) is 127 cm³/mol. The number of fused-ring (bicyclic) bond motifs is 1. The first-order valence-electron chi connectivity index (χ1n) is 11.8. The number of alkyl halides is 3. The van der Waals surface area contributed by atoms with Gasteiger partial charge in [-0.3, -0.25) is 0 Å². The van der Waals surface area contributed by atoms with E-state index in [0.717, 1.165) is 50.1 Å². The van der Waals surface area contributed by atoms with Crippen molar-refractivity contribution in [3.05, 3.63) is 59.2 Å². The Hall–Kier alpha value is -2.94. The SMILES string of the molecule is COc1ccc(C23CCC(NC(=O)NCc4ccc(C(F)(F)F)cc4)CC2N(C)CC3)cc1OC. The Morgan fingerprint density at radius 2 is 1.80 bits per heavy atom. The molecule has 1 aliphatic heterocycles. The Bertz CT molecular complexity index is 1040. The Balaban J connectivity index is 1.38. The minimum Gasteiger partial charge on any atom is -0.493 e. The molecule has 190 valence electrons. The molecule has 4 rings (SSSR count). The fraction of sp³-hybridized carbons (Fsp3) is 0.500. The second-order valence-electron chi connectivity index (χ2n) is 9.47. The molecule has 0 bridgehead atoms. The molecule has 6 nitrogen and oxygen atoms in total. The molecule has 2 aromatic rings. The van der Waals surface area contributed by atoms with Crippen LogP contribution >= 0.6 is 0 Å². The van der Waals surface area contributed by atoms with E-state index in [9.17, 15) is 18.0 Å². The Morgan fingerprint density at radius 3 is 2.46 bits per heavy atom. The highest BCUT2D eigenvalue weighted by Gasteiger charge is 2.50. The lowest BCUT2D eigenvalue weighted by atomic mass is 9.65. The highest BCUT2D eigenvalue weighted by atomic mass is 19.4. The number of amides is 2. The number of hydrogen-bond acceptors (Lipinski definition) is 4. The fourth-order valence-corrected chi connectivity index (χ4v) is 5.62. The van der Waals surface area contributed by atoms with Crippen LogP contribution in [-0.2, 0) is 18.1 Å². The summed E-state index contributed by atoms with van der Waals surface area (Å²) in [5, 5.41) is 5.83. The van der Waals surface area contributed by atoms with Crippen LogP contribution in [0, 0.1) is 0 Å². The molecule has 0 radical (unpaired) electrons. The number of ether oxygens (including phenoxy) is 2. The van der Waals surface area contributed by atoms with E-state index in [2.05, 4.69) is 34.7 Å². The van der Waals surface area contributed by atoms with Crippen molar-refractivity contribution in [2.24, 2.45) is 0 Å². The van der Waals surface area contributed by atoms with E-state index in [1.165, 1.54) is 17.7 Å². The van der Waals surface area contributed by atoms with Gasteiger partial charge in [-0.1, -0.05) is 18.2 Å². The molecule has 0 aromatic heterocycles. The first-order chi connectivity index (χ1) is 16.7. The highest BCUT2D eigenvalue weighted by molar-refractivity contribution is 5.74. The normalized spacial score (nSPS) is 24.5. The first kappa shape index (κ1) is 25.2. The summed E-state index contributed by atoms with van der Waals surface area (Å²) < 4.78 is 49.1. The molecule has 2 amide bonds. The molecule has 9 heteroatoms. The number of likely N-dealkylation sites (tertiary alicyclic amines) is 1. The molecule has 1 aliphatic carbocycles. The smallest absolute Gasteiger partial charge is 0.416 e. The molecule has 2 aliphatic rings. The Morgan fingerprint density at radius 1 is 1.09 bits per heavy atom. The zero-order valence-corrected chi connectivity index (χ0v) is 20.2. The summed E-state index contributed by atoms with van der Waals surface area (Å²) in [6.45, 7) is 1.14. The van der Waals surface area contributed by atoms with E-state index in [1.807, 2.05) is 6.07 Å². The van der Waals surface area contributed by atoms with E-state index in [-0.39, 0.29) is 30.1 Å². The van der Waals surface area contributed by atoms with Crippen molar-refractivity contribution in [3.63, 3.8) is 0 Å². The average Bonchev–Trinajstić information content (AvgIpc) is 3.19. The van der Waals surface area contributed by atoms with E-state index in [1.54, 1.807) is 14.2 Å². The van der Waals surface area contributed by atoms with E-state index in [4.69, 9.17) is 9.47 Å². The maximum Gasteiger partial charge on any atom is 0.416 e. The van der Waals surface area contributed by atoms with Gasteiger partial charge in [0, 0.05) is 24.0 Å². The number of likely N-dealkylation sites (N-methyl/N-ethyl adjacent to an activating group) is 1. The van der Waals surface area contributed by atoms with Crippen LogP contribution in [-0.4, -0.2) is 50.8 Å². The number of hydrogen-bond donors (Lipinski definition) is 2. The molecule has 0 spiro atoms. The van der Waals surface area contributed by atoms with Gasteiger partial charge in [0.05, 0.1) is 19.8 Å². The number of methoxy groups -OCH3 is 2. The zero-order chi connectivity index (χ0) is 25.2. The van der Waals surface area contributed by atoms with Crippen LogP contribution in [0.4, 0.5) is 18.0 Å². The van der Waals surface area contributed by atoms with Crippen LogP contribution in [0.15, 0.2) is 42.5 Å². The van der Waals surface area contributed by atoms with Crippen LogP contribution in [0.3, 0.4) is 0 Å². The Kier molecular flexibility index (Phi) is 7.17. The molecule has 3 atom stereocenters. The van der Waals surface area contributed by atoms with Crippen LogP contribution < -0.4 is 20.1 Å². The molecule has 35 heavy (non-hydrogen) atoms. The van der Waals surface area contributed by atoms with Crippen LogP contribution in [0.1, 0.15) is 42.4 Å². The molecule has 1 saturated carbocycles. The Labute approximate surface area is 203 Å². The van der Waals surface area contributed by atoms with Crippen LogP contribution in [0.25, 0.3) is 0 Å². The number of carbonyl (C=O) groups excluding carboxylic acids is 1. The number of nitrogens with one attached hydrogen (secondary N) is 2. The van der Waals surface area contributed by atoms with Gasteiger partial charge in [0.2, 0.25) is 0 Å². The average molecular weight is 492 g/mol. The fourth-order valence-electron chi connectivity index (χ4n) is 5.62. The number of rotatable bonds is 6. The van der Waals surface area contributed by atoms with Crippen molar-refractivity contribution < 1.29 is 27.4 Å². The number of nitrogens with zero attached hydrogens (tertiary/aromatic N) is 1. The summed E-state index contributed by atoms with van der Waals surface area (Å²) >= 11 is 0. The third-order valence-electron chi connectivity index (χ3n) is 7.56. The third-order valence-corrected chi connectivity index (χ3v) is 7.56. The first-order valence-corrected chi connectivity index (χ1v) is 11.8. The topological polar surface area (TPSA) is 62.8 Å². The van der Waals surface area contributed by atoms with Gasteiger partial charge in [-0.15, -0.1) is 0 Å². The summed E-state index contributed by atoms with van der Waals surface area (Å²) in [4.78, 5) is 14.9. The van der Waals surface area contributed by atoms with Gasteiger partial charge in [0.25, 0.3) is 0 Å². The summed E-state index contributed by atoms with van der Waals surface area (Å²) in [7, 11) is 5.39. The minimum absolute atomic E-state index is 0.0107. The maximum absolute atomic E-state index is 12.7. The molecule has 2 aromatic carbocycles. The second-order valence-corrected chi connectivity index (χ2v) is 9.47.